The first-order chi connectivity index (χ1) is 14.1. The van der Waals surface area contributed by atoms with Crippen molar-refractivity contribution in [2.75, 3.05) is 0 Å². The van der Waals surface area contributed by atoms with Gasteiger partial charge in [-0.2, -0.15) is 0 Å². The summed E-state index contributed by atoms with van der Waals surface area (Å²) in [5.74, 6) is -0.783. The molecule has 1 aromatic rings. The van der Waals surface area contributed by atoms with Crippen molar-refractivity contribution >= 4 is 5.97 Å². The molecule has 4 heteroatoms. The molecule has 0 aromatic heterocycles. The molecule has 0 aliphatic rings. The second-order valence-corrected chi connectivity index (χ2v) is 8.33. The zero-order valence-corrected chi connectivity index (χ0v) is 18.4. The van der Waals surface area contributed by atoms with Gasteiger partial charge in [0, 0.05) is 0 Å². The summed E-state index contributed by atoms with van der Waals surface area (Å²) in [5.41, 5.74) is 1.09. The van der Waals surface area contributed by atoms with Crippen LogP contribution in [-0.2, 0) is 16.1 Å². The molecule has 0 radical (unpaired) electrons. The largest absolute Gasteiger partial charge is 0.481 e. The Kier molecular flexibility index (Phi) is 15.4. The van der Waals surface area contributed by atoms with E-state index in [1.54, 1.807) is 0 Å². The van der Waals surface area contributed by atoms with Crippen LogP contribution in [0.2, 0.25) is 0 Å². The Hall–Kier alpha value is -1.39. The number of rotatable bonds is 19. The number of carboxylic acids is 1. The van der Waals surface area contributed by atoms with E-state index >= 15 is 0 Å². The van der Waals surface area contributed by atoms with Gasteiger partial charge in [0.25, 0.3) is 0 Å². The minimum atomic E-state index is -0.783. The van der Waals surface area contributed by atoms with Gasteiger partial charge in [0.1, 0.15) is 0 Å². The summed E-state index contributed by atoms with van der Waals surface area (Å²) in [6.45, 7) is 2.35. The van der Waals surface area contributed by atoms with Gasteiger partial charge >= 0.3 is 5.97 Å². The van der Waals surface area contributed by atoms with Crippen molar-refractivity contribution in [2.45, 2.75) is 116 Å². The Morgan fingerprint density at radius 2 is 1.31 bits per heavy atom. The molecule has 0 heterocycles. The molecule has 0 spiro atoms. The molecule has 0 amide bonds. The number of aliphatic hydroxyl groups is 1. The highest BCUT2D eigenvalue weighted by Gasteiger charge is 2.13. The summed E-state index contributed by atoms with van der Waals surface area (Å²) < 4.78 is 5.86. The molecular formula is C25H42O4. The molecule has 0 aliphatic carbocycles. The van der Waals surface area contributed by atoms with E-state index < -0.39 is 5.97 Å². The Morgan fingerprint density at radius 3 is 1.79 bits per heavy atom. The van der Waals surface area contributed by atoms with E-state index in [9.17, 15) is 9.90 Å². The zero-order valence-electron chi connectivity index (χ0n) is 18.4. The highest BCUT2D eigenvalue weighted by atomic mass is 16.5. The predicted molar refractivity (Wildman–Crippen MR) is 119 cm³/mol. The lowest BCUT2D eigenvalue weighted by atomic mass is 10.0. The summed E-state index contributed by atoms with van der Waals surface area (Å²) in [7, 11) is 0. The molecule has 4 nitrogen and oxygen atoms in total. The van der Waals surface area contributed by atoms with E-state index in [2.05, 4.69) is 0 Å². The number of hydrogen-bond donors (Lipinski definition) is 2. The van der Waals surface area contributed by atoms with Crippen LogP contribution in [0.15, 0.2) is 30.3 Å². The maximum atomic E-state index is 11.1. The van der Waals surface area contributed by atoms with Crippen LogP contribution >= 0.6 is 0 Å². The van der Waals surface area contributed by atoms with Gasteiger partial charge in [-0.15, -0.1) is 0 Å². The second-order valence-electron chi connectivity index (χ2n) is 8.33. The van der Waals surface area contributed by atoms with Gasteiger partial charge < -0.3 is 14.9 Å². The third-order valence-electron chi connectivity index (χ3n) is 5.38. The van der Waals surface area contributed by atoms with E-state index in [4.69, 9.17) is 9.84 Å². The molecule has 1 rings (SSSR count). The summed E-state index contributed by atoms with van der Waals surface area (Å²) >= 11 is 0. The van der Waals surface area contributed by atoms with E-state index in [0.29, 0.717) is 6.61 Å². The van der Waals surface area contributed by atoms with E-state index in [0.717, 1.165) is 37.7 Å². The van der Waals surface area contributed by atoms with Crippen LogP contribution in [0, 0.1) is 0 Å². The monoisotopic (exact) mass is 406 g/mol. The normalized spacial score (nSPS) is 13.3. The molecule has 0 aliphatic heterocycles. The molecule has 0 bridgehead atoms. The third kappa shape index (κ3) is 16.1. The average molecular weight is 407 g/mol. The molecule has 0 fully saturated rings. The Bertz CT molecular complexity index is 501. The van der Waals surface area contributed by atoms with Crippen LogP contribution in [0.4, 0.5) is 0 Å². The Labute approximate surface area is 177 Å². The first kappa shape index (κ1) is 25.6. The number of carbonyl (C=O) groups is 1. The number of aliphatic carboxylic acids is 1. The fourth-order valence-corrected chi connectivity index (χ4v) is 3.63. The molecule has 2 atom stereocenters. The second kappa shape index (κ2) is 17.5. The SMILES string of the molecule is CC(O)CCCCCCCCCCCCCC(CC(=O)O)OCc1ccccc1. The summed E-state index contributed by atoms with van der Waals surface area (Å²) in [6.07, 6.45) is 15.1. The van der Waals surface area contributed by atoms with Crippen molar-refractivity contribution in [1.29, 1.82) is 0 Å². The molecule has 0 saturated heterocycles. The van der Waals surface area contributed by atoms with Gasteiger partial charge in [-0.1, -0.05) is 101 Å². The number of hydrogen-bond acceptors (Lipinski definition) is 3. The van der Waals surface area contributed by atoms with Crippen molar-refractivity contribution in [1.82, 2.24) is 0 Å². The van der Waals surface area contributed by atoms with Crippen molar-refractivity contribution in [3.8, 4) is 0 Å². The van der Waals surface area contributed by atoms with E-state index in [1.165, 1.54) is 51.4 Å². The zero-order chi connectivity index (χ0) is 21.2. The highest BCUT2D eigenvalue weighted by molar-refractivity contribution is 5.67. The first-order valence-corrected chi connectivity index (χ1v) is 11.6. The topological polar surface area (TPSA) is 66.8 Å². The Balaban J connectivity index is 1.98. The lowest BCUT2D eigenvalue weighted by Gasteiger charge is -2.16. The van der Waals surface area contributed by atoms with Crippen molar-refractivity contribution < 1.29 is 19.7 Å². The highest BCUT2D eigenvalue weighted by Crippen LogP contribution is 2.16. The molecule has 29 heavy (non-hydrogen) atoms. The lowest BCUT2D eigenvalue weighted by Crippen LogP contribution is -2.17. The van der Waals surface area contributed by atoms with Crippen molar-refractivity contribution in [3.63, 3.8) is 0 Å². The molecule has 166 valence electrons. The number of ether oxygens (including phenoxy) is 1. The number of benzene rings is 1. The molecule has 2 unspecified atom stereocenters. The van der Waals surface area contributed by atoms with Crippen LogP contribution < -0.4 is 0 Å². The van der Waals surface area contributed by atoms with Gasteiger partial charge in [-0.3, -0.25) is 4.79 Å². The third-order valence-corrected chi connectivity index (χ3v) is 5.38. The maximum absolute atomic E-state index is 11.1. The number of unbranched alkanes of at least 4 members (excludes halogenated alkanes) is 10. The molecule has 0 saturated carbocycles. The summed E-state index contributed by atoms with van der Waals surface area (Å²) in [4.78, 5) is 11.1. The number of aliphatic hydroxyl groups excluding tert-OH is 1. The summed E-state index contributed by atoms with van der Waals surface area (Å²) in [5, 5.41) is 18.3. The minimum absolute atomic E-state index is 0.0874. The average Bonchev–Trinajstić information content (AvgIpc) is 2.69. The Morgan fingerprint density at radius 1 is 0.828 bits per heavy atom. The van der Waals surface area contributed by atoms with E-state index in [1.807, 2.05) is 37.3 Å². The van der Waals surface area contributed by atoms with Crippen LogP contribution in [0.1, 0.15) is 102 Å². The first-order valence-electron chi connectivity index (χ1n) is 11.6. The lowest BCUT2D eigenvalue weighted by molar-refractivity contribution is -0.140. The molecule has 2 N–H and O–H groups in total. The fourth-order valence-electron chi connectivity index (χ4n) is 3.63. The van der Waals surface area contributed by atoms with Gasteiger partial charge in [0.2, 0.25) is 0 Å². The predicted octanol–water partition coefficient (Wildman–Crippen LogP) is 6.50. The number of carboxylic acid groups (broad SMARTS) is 1. The van der Waals surface area contributed by atoms with Crippen LogP contribution in [0.5, 0.6) is 0 Å². The van der Waals surface area contributed by atoms with Crippen molar-refractivity contribution in [2.24, 2.45) is 0 Å². The molecule has 1 aromatic carbocycles. The van der Waals surface area contributed by atoms with Gasteiger partial charge in [-0.25, -0.2) is 0 Å². The fraction of sp³-hybridized carbons (Fsp3) is 0.720. The van der Waals surface area contributed by atoms with Crippen LogP contribution in [0.25, 0.3) is 0 Å². The maximum Gasteiger partial charge on any atom is 0.305 e. The van der Waals surface area contributed by atoms with Crippen LogP contribution in [0.3, 0.4) is 0 Å². The van der Waals surface area contributed by atoms with Gasteiger partial charge in [-0.05, 0) is 25.3 Å². The smallest absolute Gasteiger partial charge is 0.305 e. The van der Waals surface area contributed by atoms with Crippen LogP contribution in [-0.4, -0.2) is 28.4 Å². The summed E-state index contributed by atoms with van der Waals surface area (Å²) in [6, 6.07) is 9.93. The quantitative estimate of drug-likeness (QED) is 0.257. The van der Waals surface area contributed by atoms with Crippen molar-refractivity contribution in [3.05, 3.63) is 35.9 Å². The standard InChI is InChI=1S/C25H42O4/c1-22(26)16-12-9-7-5-3-2-4-6-8-10-15-19-24(20-25(27)28)29-21-23-17-13-11-14-18-23/h11,13-14,17-18,22,24,26H,2-10,12,15-16,19-21H2,1H3,(H,27,28). The minimum Gasteiger partial charge on any atom is -0.481 e. The van der Waals surface area contributed by atoms with E-state index in [-0.39, 0.29) is 18.6 Å². The van der Waals surface area contributed by atoms with Gasteiger partial charge in [0.05, 0.1) is 25.2 Å². The molecular weight excluding hydrogens is 364 g/mol. The van der Waals surface area contributed by atoms with Gasteiger partial charge in [0.15, 0.2) is 0 Å².